The molecule has 3 nitrogen and oxygen atoms in total. The van der Waals surface area contributed by atoms with Gasteiger partial charge in [0.2, 0.25) is 5.12 Å². The van der Waals surface area contributed by atoms with Gasteiger partial charge in [-0.25, -0.2) is 0 Å². The van der Waals surface area contributed by atoms with Gasteiger partial charge in [-0.15, -0.1) is 12.6 Å². The summed E-state index contributed by atoms with van der Waals surface area (Å²) in [5.74, 6) is 0. The van der Waals surface area contributed by atoms with Gasteiger partial charge in [0.15, 0.2) is 5.60 Å². The Bertz CT molecular complexity index is 146. The second kappa shape index (κ2) is 2.53. The van der Waals surface area contributed by atoms with Gasteiger partial charge in [-0.1, -0.05) is 0 Å². The second-order valence-electron chi connectivity index (χ2n) is 2.94. The van der Waals surface area contributed by atoms with Crippen LogP contribution in [0.25, 0.3) is 0 Å². The first kappa shape index (κ1) is 9.94. The van der Waals surface area contributed by atoms with Crippen LogP contribution in [-0.4, -0.2) is 26.5 Å². The Morgan fingerprint density at radius 2 is 1.60 bits per heavy atom. The number of rotatable bonds is 2. The van der Waals surface area contributed by atoms with Crippen LogP contribution in [0.3, 0.4) is 0 Å². The quantitative estimate of drug-likeness (QED) is 0.502. The van der Waals surface area contributed by atoms with Crippen molar-refractivity contribution in [3.63, 3.8) is 0 Å². The van der Waals surface area contributed by atoms with Crippen molar-refractivity contribution in [3.05, 3.63) is 0 Å². The van der Waals surface area contributed by atoms with E-state index in [-0.39, 0.29) is 0 Å². The smallest absolute Gasteiger partial charge is 0.220 e. The van der Waals surface area contributed by atoms with Gasteiger partial charge in [0, 0.05) is 0 Å². The summed E-state index contributed by atoms with van der Waals surface area (Å²) in [4.78, 5) is 10.6. The molecule has 0 amide bonds. The molecule has 0 radical (unpaired) electrons. The molecule has 0 saturated heterocycles. The summed E-state index contributed by atoms with van der Waals surface area (Å²) < 4.78 is 0. The fourth-order valence-electron chi connectivity index (χ4n) is 0.262. The molecular formula is C6H12O3S. The van der Waals surface area contributed by atoms with E-state index < -0.39 is 16.3 Å². The van der Waals surface area contributed by atoms with Crippen LogP contribution < -0.4 is 0 Å². The molecule has 4 heteroatoms. The third kappa shape index (κ3) is 1.71. The van der Waals surface area contributed by atoms with Gasteiger partial charge in [0.05, 0.1) is 5.60 Å². The highest BCUT2D eigenvalue weighted by atomic mass is 32.1. The van der Waals surface area contributed by atoms with E-state index in [1.807, 2.05) is 0 Å². The van der Waals surface area contributed by atoms with Gasteiger partial charge in [0.25, 0.3) is 0 Å². The average Bonchev–Trinajstić information content (AvgIpc) is 1.62. The molecule has 0 heterocycles. The minimum atomic E-state index is -1.78. The lowest BCUT2D eigenvalue weighted by Gasteiger charge is -2.32. The van der Waals surface area contributed by atoms with Gasteiger partial charge in [-0.05, 0) is 20.8 Å². The van der Waals surface area contributed by atoms with E-state index in [4.69, 9.17) is 0 Å². The Kier molecular flexibility index (Phi) is 2.51. The van der Waals surface area contributed by atoms with Crippen LogP contribution in [0.1, 0.15) is 20.8 Å². The number of hydrogen-bond donors (Lipinski definition) is 3. The third-order valence-electron chi connectivity index (χ3n) is 1.61. The van der Waals surface area contributed by atoms with Crippen molar-refractivity contribution < 1.29 is 15.0 Å². The minimum absolute atomic E-state index is 0.736. The molecule has 0 fully saturated rings. The standard InChI is InChI=1S/C6H12O3S/c1-5(2,8)6(3,9)4(7)10/h8-9H,1-3H3,(H,7,10). The second-order valence-corrected chi connectivity index (χ2v) is 3.34. The summed E-state index contributed by atoms with van der Waals surface area (Å²) in [5, 5.41) is 17.7. The lowest BCUT2D eigenvalue weighted by molar-refractivity contribution is -0.151. The number of thiol groups is 1. The molecule has 0 aliphatic heterocycles. The van der Waals surface area contributed by atoms with Crippen LogP contribution in [-0.2, 0) is 4.79 Å². The molecular weight excluding hydrogens is 152 g/mol. The van der Waals surface area contributed by atoms with Gasteiger partial charge in [-0.2, -0.15) is 0 Å². The van der Waals surface area contributed by atoms with Crippen molar-refractivity contribution in [2.24, 2.45) is 0 Å². The maximum atomic E-state index is 10.6. The van der Waals surface area contributed by atoms with Crippen LogP contribution in [0, 0.1) is 0 Å². The van der Waals surface area contributed by atoms with Crippen LogP contribution in [0.2, 0.25) is 0 Å². The van der Waals surface area contributed by atoms with Crippen molar-refractivity contribution in [2.45, 2.75) is 32.0 Å². The van der Waals surface area contributed by atoms with Crippen molar-refractivity contribution in [2.75, 3.05) is 0 Å². The number of carbonyl (C=O) groups is 1. The van der Waals surface area contributed by atoms with Crippen molar-refractivity contribution in [1.82, 2.24) is 0 Å². The van der Waals surface area contributed by atoms with Crippen molar-refractivity contribution in [1.29, 1.82) is 0 Å². The highest BCUT2D eigenvalue weighted by Crippen LogP contribution is 2.23. The normalized spacial score (nSPS) is 18.2. The minimum Gasteiger partial charge on any atom is -0.387 e. The number of carbonyl (C=O) groups excluding carboxylic acids is 1. The van der Waals surface area contributed by atoms with Gasteiger partial charge in [-0.3, -0.25) is 4.79 Å². The summed E-state index contributed by atoms with van der Waals surface area (Å²) in [6, 6.07) is 0. The molecule has 0 aliphatic carbocycles. The maximum Gasteiger partial charge on any atom is 0.220 e. The fourth-order valence-corrected chi connectivity index (χ4v) is 0.535. The lowest BCUT2D eigenvalue weighted by Crippen LogP contribution is -2.51. The number of hydrogen-bond acceptors (Lipinski definition) is 3. The van der Waals surface area contributed by atoms with Crippen molar-refractivity contribution >= 4 is 17.7 Å². The molecule has 1 atom stereocenters. The highest BCUT2D eigenvalue weighted by molar-refractivity contribution is 7.96. The molecule has 60 valence electrons. The van der Waals surface area contributed by atoms with Gasteiger partial charge < -0.3 is 10.2 Å². The molecule has 2 N–H and O–H groups in total. The molecule has 0 spiro atoms. The van der Waals surface area contributed by atoms with Crippen LogP contribution in [0.15, 0.2) is 0 Å². The zero-order valence-electron chi connectivity index (χ0n) is 6.25. The first-order valence-electron chi connectivity index (χ1n) is 2.87. The summed E-state index contributed by atoms with van der Waals surface area (Å²) in [7, 11) is 0. The first-order valence-corrected chi connectivity index (χ1v) is 3.32. The summed E-state index contributed by atoms with van der Waals surface area (Å²) in [6.07, 6.45) is 0. The Morgan fingerprint density at radius 1 is 1.30 bits per heavy atom. The van der Waals surface area contributed by atoms with Crippen molar-refractivity contribution in [3.8, 4) is 0 Å². The lowest BCUT2D eigenvalue weighted by atomic mass is 9.89. The van der Waals surface area contributed by atoms with Crippen LogP contribution in [0.4, 0.5) is 0 Å². The van der Waals surface area contributed by atoms with E-state index in [2.05, 4.69) is 12.6 Å². The van der Waals surface area contributed by atoms with Gasteiger partial charge in [0.1, 0.15) is 0 Å². The predicted molar refractivity (Wildman–Crippen MR) is 40.9 cm³/mol. The van der Waals surface area contributed by atoms with E-state index in [0.29, 0.717) is 0 Å². The van der Waals surface area contributed by atoms with E-state index in [9.17, 15) is 15.0 Å². The molecule has 0 saturated carbocycles. The Hall–Kier alpha value is -0.0600. The van der Waals surface area contributed by atoms with E-state index in [1.165, 1.54) is 20.8 Å². The molecule has 0 rings (SSSR count). The first-order chi connectivity index (χ1) is 4.19. The van der Waals surface area contributed by atoms with Crippen LogP contribution >= 0.6 is 12.6 Å². The Morgan fingerprint density at radius 3 is 1.60 bits per heavy atom. The molecule has 1 unspecified atom stereocenters. The zero-order valence-corrected chi connectivity index (χ0v) is 7.14. The topological polar surface area (TPSA) is 57.5 Å². The van der Waals surface area contributed by atoms with E-state index in [1.54, 1.807) is 0 Å². The number of aliphatic hydroxyl groups is 2. The average molecular weight is 164 g/mol. The third-order valence-corrected chi connectivity index (χ3v) is 2.04. The highest BCUT2D eigenvalue weighted by Gasteiger charge is 2.42. The Labute approximate surface area is 65.5 Å². The molecule has 10 heavy (non-hydrogen) atoms. The van der Waals surface area contributed by atoms with Crippen LogP contribution in [0.5, 0.6) is 0 Å². The van der Waals surface area contributed by atoms with Gasteiger partial charge >= 0.3 is 0 Å². The SMILES string of the molecule is CC(C)(O)C(C)(O)C(=O)S. The molecule has 0 aromatic rings. The van der Waals surface area contributed by atoms with E-state index in [0.717, 1.165) is 0 Å². The summed E-state index contributed by atoms with van der Waals surface area (Å²) in [6.45, 7) is 3.92. The largest absolute Gasteiger partial charge is 0.387 e. The zero-order chi connectivity index (χ0) is 8.58. The predicted octanol–water partition coefficient (Wildman–Crippen LogP) is -0.0353. The fraction of sp³-hybridized carbons (Fsp3) is 0.833. The molecule has 0 bridgehead atoms. The molecule has 0 aromatic heterocycles. The summed E-state index contributed by atoms with van der Waals surface area (Å²) in [5.41, 5.74) is -3.23. The molecule has 0 aliphatic rings. The molecule has 0 aromatic carbocycles. The Balaban J connectivity index is 4.57. The monoisotopic (exact) mass is 164 g/mol. The summed E-state index contributed by atoms with van der Waals surface area (Å²) >= 11 is 3.42. The maximum absolute atomic E-state index is 10.6. The van der Waals surface area contributed by atoms with E-state index >= 15 is 0 Å².